The quantitative estimate of drug-likeness (QED) is 0.0267. The number of carbonyl (C=O) groups excluding carboxylic acids is 3. The highest BCUT2D eigenvalue weighted by atomic mass is 16.5. The Hall–Kier alpha value is -1.89. The molecule has 7 nitrogen and oxygen atoms in total. The molecule has 0 aromatic heterocycles. The third-order valence-electron chi connectivity index (χ3n) is 10.2. The van der Waals surface area contributed by atoms with Crippen LogP contribution in [0, 0.1) is 5.41 Å². The van der Waals surface area contributed by atoms with Gasteiger partial charge in [-0.2, -0.15) is 0 Å². The van der Waals surface area contributed by atoms with Gasteiger partial charge in [0.1, 0.15) is 6.10 Å². The average molecular weight is 764 g/mol. The molecular weight excluding hydrogens is 675 g/mol. The Kier molecular flexibility index (Phi) is 35.4. The maximum absolute atomic E-state index is 13.0. The van der Waals surface area contributed by atoms with Crippen LogP contribution in [0.5, 0.6) is 0 Å². The van der Waals surface area contributed by atoms with E-state index in [-0.39, 0.29) is 29.4 Å². The maximum atomic E-state index is 13.0. The number of rotatable bonds is 39. The maximum Gasteiger partial charge on any atom is 0.310 e. The summed E-state index contributed by atoms with van der Waals surface area (Å²) in [7, 11) is 4.16. The van der Waals surface area contributed by atoms with Crippen molar-refractivity contribution >= 4 is 17.9 Å². The molecule has 0 aliphatic rings. The number of esters is 3. The van der Waals surface area contributed by atoms with Crippen LogP contribution in [-0.2, 0) is 28.6 Å². The van der Waals surface area contributed by atoms with Crippen LogP contribution in [0.25, 0.3) is 0 Å². The fourth-order valence-corrected chi connectivity index (χ4v) is 7.45. The molecule has 54 heavy (non-hydrogen) atoms. The van der Waals surface area contributed by atoms with Crippen LogP contribution >= 0.6 is 0 Å². The van der Waals surface area contributed by atoms with Gasteiger partial charge < -0.3 is 19.1 Å². The van der Waals surface area contributed by atoms with E-state index in [4.69, 9.17) is 14.2 Å². The number of unbranched alkanes of at least 4 members (excludes halogenated alkanes) is 21. The molecule has 0 spiro atoms. The molecule has 0 aromatic rings. The molecule has 0 rings (SSSR count). The Morgan fingerprint density at radius 2 is 0.907 bits per heavy atom. The van der Waals surface area contributed by atoms with Crippen LogP contribution in [0.1, 0.15) is 227 Å². The summed E-state index contributed by atoms with van der Waals surface area (Å²) in [6.45, 7) is 12.9. The summed E-state index contributed by atoms with van der Waals surface area (Å²) in [5.41, 5.74) is 1.08. The van der Waals surface area contributed by atoms with Gasteiger partial charge in [-0.05, 0) is 77.8 Å². The van der Waals surface area contributed by atoms with Gasteiger partial charge in [0.15, 0.2) is 0 Å². The normalized spacial score (nSPS) is 12.6. The van der Waals surface area contributed by atoms with E-state index in [0.717, 1.165) is 115 Å². The van der Waals surface area contributed by atoms with Crippen LogP contribution < -0.4 is 0 Å². The van der Waals surface area contributed by atoms with Gasteiger partial charge >= 0.3 is 17.9 Å². The Balaban J connectivity index is 4.37. The number of nitrogens with zero attached hydrogens (tertiary/aromatic N) is 1. The molecule has 7 heteroatoms. The van der Waals surface area contributed by atoms with Gasteiger partial charge in [0.05, 0.1) is 19.6 Å². The molecule has 0 saturated carbocycles. The van der Waals surface area contributed by atoms with Crippen molar-refractivity contribution in [1.29, 1.82) is 0 Å². The molecule has 1 atom stereocenters. The Labute approximate surface area is 334 Å². The van der Waals surface area contributed by atoms with Crippen LogP contribution in [0.15, 0.2) is 11.6 Å². The molecule has 0 bridgehead atoms. The molecule has 0 radical (unpaired) electrons. The molecule has 318 valence electrons. The van der Waals surface area contributed by atoms with Crippen molar-refractivity contribution in [3.05, 3.63) is 11.6 Å². The van der Waals surface area contributed by atoms with Gasteiger partial charge in [0.25, 0.3) is 0 Å². The van der Waals surface area contributed by atoms with Crippen molar-refractivity contribution in [2.45, 2.75) is 233 Å². The van der Waals surface area contributed by atoms with Crippen molar-refractivity contribution in [1.82, 2.24) is 4.90 Å². The van der Waals surface area contributed by atoms with E-state index in [2.05, 4.69) is 52.8 Å². The fourth-order valence-electron chi connectivity index (χ4n) is 7.45. The first kappa shape index (κ1) is 52.1. The molecule has 0 amide bonds. The SMILES string of the molecule is CCCCCCCCC(=O)OCCCCCCCCCC(CCCCCCCCOC(=O)CCCCCCCC)OC(=O)CC(C)=CC(C)(C)CN(C)C. The van der Waals surface area contributed by atoms with Crippen LogP contribution in [0.2, 0.25) is 0 Å². The fraction of sp³-hybridized carbons (Fsp3) is 0.894. The van der Waals surface area contributed by atoms with Gasteiger partial charge in [-0.15, -0.1) is 0 Å². The molecule has 0 N–H and O–H groups in total. The lowest BCUT2D eigenvalue weighted by Gasteiger charge is -2.26. The van der Waals surface area contributed by atoms with Gasteiger partial charge in [-0.1, -0.05) is 161 Å². The van der Waals surface area contributed by atoms with E-state index in [1.54, 1.807) is 0 Å². The molecule has 0 saturated heterocycles. The standard InChI is InChI=1S/C47H89NO6/c1-8-10-12-14-23-29-35-44(49)52-37-31-25-19-16-17-21-27-33-43(54-46(51)39-42(3)40-47(4,5)41-48(6)7)34-28-22-18-20-26-32-38-53-45(50)36-30-24-15-13-11-9-2/h40,43H,8-39,41H2,1-7H3. The predicted molar refractivity (Wildman–Crippen MR) is 228 cm³/mol. The topological polar surface area (TPSA) is 82.1 Å². The minimum absolute atomic E-state index is 0.000159. The third kappa shape index (κ3) is 37.1. The van der Waals surface area contributed by atoms with E-state index in [1.807, 2.05) is 6.92 Å². The summed E-state index contributed by atoms with van der Waals surface area (Å²) in [5.74, 6) is -0.177. The summed E-state index contributed by atoms with van der Waals surface area (Å²) < 4.78 is 17.0. The Morgan fingerprint density at radius 3 is 1.31 bits per heavy atom. The highest BCUT2D eigenvalue weighted by Gasteiger charge is 2.19. The van der Waals surface area contributed by atoms with E-state index in [1.165, 1.54) is 70.6 Å². The first-order valence-corrected chi connectivity index (χ1v) is 22.8. The first-order valence-electron chi connectivity index (χ1n) is 22.8. The zero-order chi connectivity index (χ0) is 40.1. The minimum atomic E-state index is -0.104. The largest absolute Gasteiger partial charge is 0.466 e. The third-order valence-corrected chi connectivity index (χ3v) is 10.2. The lowest BCUT2D eigenvalue weighted by molar-refractivity contribution is -0.149. The number of carbonyl (C=O) groups is 3. The summed E-state index contributed by atoms with van der Waals surface area (Å²) in [6, 6.07) is 0. The van der Waals surface area contributed by atoms with Gasteiger partial charge in [0.2, 0.25) is 0 Å². The van der Waals surface area contributed by atoms with Crippen LogP contribution in [-0.4, -0.2) is 62.8 Å². The number of ether oxygens (including phenoxy) is 3. The molecule has 0 aromatic carbocycles. The summed E-state index contributed by atoms with van der Waals surface area (Å²) in [6.07, 6.45) is 34.1. The van der Waals surface area contributed by atoms with Crippen molar-refractivity contribution in [3.8, 4) is 0 Å². The second-order valence-electron chi connectivity index (χ2n) is 17.2. The Morgan fingerprint density at radius 1 is 0.537 bits per heavy atom. The first-order chi connectivity index (χ1) is 26.0. The average Bonchev–Trinajstić information content (AvgIpc) is 3.10. The molecular formula is C47H89NO6. The summed E-state index contributed by atoms with van der Waals surface area (Å²) in [4.78, 5) is 39.1. The lowest BCUT2D eigenvalue weighted by atomic mass is 9.90. The second-order valence-corrected chi connectivity index (χ2v) is 17.2. The minimum Gasteiger partial charge on any atom is -0.466 e. The van der Waals surface area contributed by atoms with Crippen molar-refractivity contribution in [2.75, 3.05) is 33.9 Å². The summed E-state index contributed by atoms with van der Waals surface area (Å²) in [5, 5.41) is 0. The van der Waals surface area contributed by atoms with E-state index >= 15 is 0 Å². The molecule has 0 aliphatic carbocycles. The van der Waals surface area contributed by atoms with Crippen molar-refractivity contribution in [3.63, 3.8) is 0 Å². The van der Waals surface area contributed by atoms with Gasteiger partial charge in [-0.25, -0.2) is 0 Å². The molecule has 1 unspecified atom stereocenters. The number of hydrogen-bond acceptors (Lipinski definition) is 7. The van der Waals surface area contributed by atoms with Crippen LogP contribution in [0.4, 0.5) is 0 Å². The van der Waals surface area contributed by atoms with Crippen molar-refractivity contribution in [2.24, 2.45) is 5.41 Å². The zero-order valence-electron chi connectivity index (χ0n) is 36.9. The summed E-state index contributed by atoms with van der Waals surface area (Å²) >= 11 is 0. The number of hydrogen-bond donors (Lipinski definition) is 0. The Bertz CT molecular complexity index is 929. The van der Waals surface area contributed by atoms with E-state index in [9.17, 15) is 14.4 Å². The predicted octanol–water partition coefficient (Wildman–Crippen LogP) is 13.3. The van der Waals surface area contributed by atoms with Crippen molar-refractivity contribution < 1.29 is 28.6 Å². The molecule has 0 aliphatic heterocycles. The van der Waals surface area contributed by atoms with Crippen LogP contribution in [0.3, 0.4) is 0 Å². The highest BCUT2D eigenvalue weighted by Crippen LogP contribution is 2.23. The van der Waals surface area contributed by atoms with Gasteiger partial charge in [-0.3, -0.25) is 14.4 Å². The molecule has 0 fully saturated rings. The highest BCUT2D eigenvalue weighted by molar-refractivity contribution is 5.72. The lowest BCUT2D eigenvalue weighted by Crippen LogP contribution is -2.27. The monoisotopic (exact) mass is 764 g/mol. The van der Waals surface area contributed by atoms with E-state index in [0.29, 0.717) is 32.5 Å². The smallest absolute Gasteiger partial charge is 0.310 e. The zero-order valence-corrected chi connectivity index (χ0v) is 36.9. The molecule has 0 heterocycles. The van der Waals surface area contributed by atoms with E-state index < -0.39 is 0 Å². The second kappa shape index (κ2) is 36.7. The van der Waals surface area contributed by atoms with Gasteiger partial charge in [0, 0.05) is 19.4 Å².